The van der Waals surface area contributed by atoms with E-state index in [0.717, 1.165) is 40.4 Å². The second-order valence-corrected chi connectivity index (χ2v) is 5.19. The highest BCUT2D eigenvalue weighted by atomic mass is 79.9. The van der Waals surface area contributed by atoms with E-state index in [1.54, 1.807) is 13.3 Å². The Morgan fingerprint density at radius 3 is 2.70 bits per heavy atom. The Kier molecular flexibility index (Phi) is 5.24. The van der Waals surface area contributed by atoms with Crippen LogP contribution in [0.15, 0.2) is 41.0 Å². The van der Waals surface area contributed by atoms with Crippen LogP contribution in [0.25, 0.3) is 0 Å². The van der Waals surface area contributed by atoms with Crippen LogP contribution in [-0.4, -0.2) is 18.6 Å². The van der Waals surface area contributed by atoms with Gasteiger partial charge in [0.2, 0.25) is 0 Å². The van der Waals surface area contributed by atoms with Gasteiger partial charge in [-0.05, 0) is 46.6 Å². The lowest BCUT2D eigenvalue weighted by atomic mass is 10.3. The highest BCUT2D eigenvalue weighted by Crippen LogP contribution is 2.29. The predicted octanol–water partition coefficient (Wildman–Crippen LogP) is 4.42. The molecule has 0 saturated heterocycles. The maximum absolute atomic E-state index is 5.22. The van der Waals surface area contributed by atoms with E-state index in [9.17, 15) is 0 Å². The number of aromatic nitrogens is 1. The molecule has 5 heteroatoms. The molecule has 2 rings (SSSR count). The van der Waals surface area contributed by atoms with Crippen molar-refractivity contribution in [3.63, 3.8) is 0 Å². The number of benzene rings is 1. The molecule has 0 unspecified atom stereocenters. The van der Waals surface area contributed by atoms with Gasteiger partial charge in [-0.1, -0.05) is 6.92 Å². The fourth-order valence-corrected chi connectivity index (χ4v) is 2.31. The van der Waals surface area contributed by atoms with Crippen molar-refractivity contribution in [3.8, 4) is 5.75 Å². The van der Waals surface area contributed by atoms with E-state index in [1.165, 1.54) is 0 Å². The van der Waals surface area contributed by atoms with Gasteiger partial charge in [-0.2, -0.15) is 0 Å². The molecule has 1 heterocycles. The molecular weight excluding hydrogens is 318 g/mol. The third kappa shape index (κ3) is 3.87. The van der Waals surface area contributed by atoms with Crippen LogP contribution in [0.3, 0.4) is 0 Å². The number of anilines is 3. The first-order valence-corrected chi connectivity index (χ1v) is 7.32. The lowest BCUT2D eigenvalue weighted by molar-refractivity contribution is 0.412. The zero-order valence-electron chi connectivity index (χ0n) is 11.6. The van der Waals surface area contributed by atoms with Crippen molar-refractivity contribution in [3.05, 3.63) is 41.0 Å². The topological polar surface area (TPSA) is 46.2 Å². The summed E-state index contributed by atoms with van der Waals surface area (Å²) in [6, 6.07) is 9.81. The van der Waals surface area contributed by atoms with Crippen molar-refractivity contribution in [1.29, 1.82) is 0 Å². The predicted molar refractivity (Wildman–Crippen MR) is 87.0 cm³/mol. The second kappa shape index (κ2) is 7.14. The third-order valence-electron chi connectivity index (χ3n) is 2.76. The highest BCUT2D eigenvalue weighted by Gasteiger charge is 2.02. The van der Waals surface area contributed by atoms with E-state index in [1.807, 2.05) is 30.3 Å². The summed E-state index contributed by atoms with van der Waals surface area (Å²) in [4.78, 5) is 4.28. The van der Waals surface area contributed by atoms with E-state index < -0.39 is 0 Å². The lowest BCUT2D eigenvalue weighted by Crippen LogP contribution is -2.02. The van der Waals surface area contributed by atoms with Gasteiger partial charge in [-0.3, -0.25) is 0 Å². The first-order valence-electron chi connectivity index (χ1n) is 6.53. The molecule has 0 radical (unpaired) electrons. The Morgan fingerprint density at radius 1 is 1.20 bits per heavy atom. The lowest BCUT2D eigenvalue weighted by Gasteiger charge is -2.10. The monoisotopic (exact) mass is 335 g/mol. The summed E-state index contributed by atoms with van der Waals surface area (Å²) < 4.78 is 6.14. The van der Waals surface area contributed by atoms with Gasteiger partial charge in [0.15, 0.2) is 0 Å². The van der Waals surface area contributed by atoms with Gasteiger partial charge >= 0.3 is 0 Å². The van der Waals surface area contributed by atoms with E-state index in [2.05, 4.69) is 38.5 Å². The van der Waals surface area contributed by atoms with Crippen molar-refractivity contribution in [2.75, 3.05) is 24.3 Å². The molecule has 0 aliphatic carbocycles. The summed E-state index contributed by atoms with van der Waals surface area (Å²) in [5.74, 6) is 1.69. The van der Waals surface area contributed by atoms with Crippen LogP contribution in [0, 0.1) is 0 Å². The number of methoxy groups -OCH3 is 1. The zero-order valence-corrected chi connectivity index (χ0v) is 13.2. The number of rotatable bonds is 6. The maximum Gasteiger partial charge on any atom is 0.133 e. The molecule has 0 saturated carbocycles. The fraction of sp³-hybridized carbons (Fsp3) is 0.267. The third-order valence-corrected chi connectivity index (χ3v) is 3.38. The van der Waals surface area contributed by atoms with Gasteiger partial charge in [0, 0.05) is 30.2 Å². The molecule has 0 fully saturated rings. The molecule has 1 aromatic carbocycles. The fourth-order valence-electron chi connectivity index (χ4n) is 1.77. The first kappa shape index (κ1) is 14.7. The van der Waals surface area contributed by atoms with Crippen molar-refractivity contribution in [2.45, 2.75) is 13.3 Å². The molecule has 0 aliphatic rings. The Labute approximate surface area is 127 Å². The molecule has 0 spiro atoms. The summed E-state index contributed by atoms with van der Waals surface area (Å²) in [7, 11) is 1.65. The van der Waals surface area contributed by atoms with Crippen LogP contribution in [-0.2, 0) is 0 Å². The van der Waals surface area contributed by atoms with Crippen LogP contribution >= 0.6 is 15.9 Å². The highest BCUT2D eigenvalue weighted by molar-refractivity contribution is 9.10. The summed E-state index contributed by atoms with van der Waals surface area (Å²) in [6.45, 7) is 3.05. The molecule has 20 heavy (non-hydrogen) atoms. The standard InChI is InChI=1S/C15H18BrN3O/c1-3-7-17-15-10-12(6-8-18-15)19-11-4-5-14(20-2)13(16)9-11/h4-6,8-10H,3,7H2,1-2H3,(H2,17,18,19). The summed E-state index contributed by atoms with van der Waals surface area (Å²) >= 11 is 3.48. The minimum Gasteiger partial charge on any atom is -0.496 e. The number of halogens is 1. The zero-order chi connectivity index (χ0) is 14.4. The molecule has 2 N–H and O–H groups in total. The summed E-state index contributed by atoms with van der Waals surface area (Å²) in [5, 5.41) is 6.62. The van der Waals surface area contributed by atoms with E-state index in [-0.39, 0.29) is 0 Å². The van der Waals surface area contributed by atoms with Crippen molar-refractivity contribution in [1.82, 2.24) is 4.98 Å². The van der Waals surface area contributed by atoms with E-state index in [4.69, 9.17) is 4.74 Å². The number of hydrogen-bond donors (Lipinski definition) is 2. The van der Waals surface area contributed by atoms with Crippen LogP contribution in [0.2, 0.25) is 0 Å². The molecular formula is C15H18BrN3O. The summed E-state index contributed by atoms with van der Waals surface area (Å²) in [6.07, 6.45) is 2.86. The van der Waals surface area contributed by atoms with Gasteiger partial charge in [-0.15, -0.1) is 0 Å². The summed E-state index contributed by atoms with van der Waals surface area (Å²) in [5.41, 5.74) is 1.99. The van der Waals surface area contributed by atoms with Gasteiger partial charge < -0.3 is 15.4 Å². The van der Waals surface area contributed by atoms with Crippen LogP contribution < -0.4 is 15.4 Å². The average Bonchev–Trinajstić information content (AvgIpc) is 2.46. The van der Waals surface area contributed by atoms with Crippen LogP contribution in [0.4, 0.5) is 17.2 Å². The molecule has 1 aromatic heterocycles. The normalized spacial score (nSPS) is 10.2. The Hall–Kier alpha value is -1.75. The molecule has 0 bridgehead atoms. The second-order valence-electron chi connectivity index (χ2n) is 4.33. The number of hydrogen-bond acceptors (Lipinski definition) is 4. The number of ether oxygens (including phenoxy) is 1. The minimum absolute atomic E-state index is 0.815. The van der Waals surface area contributed by atoms with Crippen LogP contribution in [0.5, 0.6) is 5.75 Å². The Morgan fingerprint density at radius 2 is 2.00 bits per heavy atom. The maximum atomic E-state index is 5.22. The van der Waals surface area contributed by atoms with Crippen LogP contribution in [0.1, 0.15) is 13.3 Å². The molecule has 4 nitrogen and oxygen atoms in total. The SMILES string of the molecule is CCCNc1cc(Nc2ccc(OC)c(Br)c2)ccn1. The van der Waals surface area contributed by atoms with Gasteiger partial charge in [0.25, 0.3) is 0 Å². The van der Waals surface area contributed by atoms with E-state index >= 15 is 0 Å². The quantitative estimate of drug-likeness (QED) is 0.820. The van der Waals surface area contributed by atoms with E-state index in [0.29, 0.717) is 0 Å². The first-order chi connectivity index (χ1) is 9.72. The van der Waals surface area contributed by atoms with Gasteiger partial charge in [-0.25, -0.2) is 4.98 Å². The molecule has 0 atom stereocenters. The van der Waals surface area contributed by atoms with Crippen molar-refractivity contribution in [2.24, 2.45) is 0 Å². The Balaban J connectivity index is 2.11. The molecule has 0 aliphatic heterocycles. The minimum atomic E-state index is 0.815. The van der Waals surface area contributed by atoms with Gasteiger partial charge in [0.05, 0.1) is 11.6 Å². The van der Waals surface area contributed by atoms with Crippen molar-refractivity contribution >= 4 is 33.1 Å². The van der Waals surface area contributed by atoms with Gasteiger partial charge in [0.1, 0.15) is 11.6 Å². The Bertz CT molecular complexity index is 575. The smallest absolute Gasteiger partial charge is 0.133 e. The number of nitrogens with one attached hydrogen (secondary N) is 2. The molecule has 2 aromatic rings. The largest absolute Gasteiger partial charge is 0.496 e. The average molecular weight is 336 g/mol. The number of nitrogens with zero attached hydrogens (tertiary/aromatic N) is 1. The molecule has 106 valence electrons. The van der Waals surface area contributed by atoms with Crippen molar-refractivity contribution < 1.29 is 4.74 Å². The molecule has 0 amide bonds. The number of pyridine rings is 1.